The molecule has 0 radical (unpaired) electrons. The number of non-ortho nitro benzene ring substituents is 1. The summed E-state index contributed by atoms with van der Waals surface area (Å²) in [6.07, 6.45) is -6.43. The molecule has 0 spiro atoms. The summed E-state index contributed by atoms with van der Waals surface area (Å²) in [6, 6.07) is 5.44. The largest absolute Gasteiger partial charge is 0.394 e. The van der Waals surface area contributed by atoms with Gasteiger partial charge >= 0.3 is 0 Å². The molecule has 1 aromatic carbocycles. The average Bonchev–Trinajstić information content (AvgIpc) is 2.65. The molecule has 1 heterocycles. The maximum atomic E-state index is 10.8. The van der Waals surface area contributed by atoms with Crippen molar-refractivity contribution in [3.05, 3.63) is 39.9 Å². The molecule has 1 unspecified atom stereocenters. The van der Waals surface area contributed by atoms with Gasteiger partial charge in [-0.3, -0.25) is 10.1 Å². The van der Waals surface area contributed by atoms with E-state index in [1.807, 2.05) is 0 Å². The molecule has 2 rings (SSSR count). The molecule has 22 heavy (non-hydrogen) atoms. The molecule has 122 valence electrons. The van der Waals surface area contributed by atoms with Crippen molar-refractivity contribution >= 4 is 5.69 Å². The SMILES string of the molecule is O=[N+]([O-])c1cccc(C2O[C@@H](CO)[C@@H](O)[C@H](O)[C@@H](CO)O2)c1. The summed E-state index contributed by atoms with van der Waals surface area (Å²) in [6.45, 7) is -1.18. The molecule has 9 nitrogen and oxygen atoms in total. The summed E-state index contributed by atoms with van der Waals surface area (Å²) < 4.78 is 10.8. The van der Waals surface area contributed by atoms with Gasteiger partial charge in [-0.1, -0.05) is 12.1 Å². The van der Waals surface area contributed by atoms with Gasteiger partial charge < -0.3 is 29.9 Å². The number of aliphatic hydroxyl groups excluding tert-OH is 4. The predicted octanol–water partition coefficient (Wildman–Crippen LogP) is -0.916. The van der Waals surface area contributed by atoms with Gasteiger partial charge in [-0.25, -0.2) is 0 Å². The van der Waals surface area contributed by atoms with Gasteiger partial charge in [-0.2, -0.15) is 0 Å². The number of benzene rings is 1. The Hall–Kier alpha value is -1.62. The minimum atomic E-state index is -1.47. The molecule has 0 aromatic heterocycles. The molecular weight excluding hydrogens is 298 g/mol. The highest BCUT2D eigenvalue weighted by Crippen LogP contribution is 2.30. The van der Waals surface area contributed by atoms with E-state index in [2.05, 4.69) is 0 Å². The van der Waals surface area contributed by atoms with Crippen LogP contribution in [0.1, 0.15) is 11.9 Å². The second-order valence-corrected chi connectivity index (χ2v) is 4.88. The fourth-order valence-corrected chi connectivity index (χ4v) is 2.19. The minimum Gasteiger partial charge on any atom is -0.394 e. The third-order valence-electron chi connectivity index (χ3n) is 3.42. The number of aliphatic hydroxyl groups is 4. The van der Waals surface area contributed by atoms with Crippen molar-refractivity contribution in [1.29, 1.82) is 0 Å². The molecule has 0 saturated carbocycles. The van der Waals surface area contributed by atoms with Gasteiger partial charge in [0.1, 0.15) is 24.4 Å². The van der Waals surface area contributed by atoms with Crippen molar-refractivity contribution in [3.8, 4) is 0 Å². The van der Waals surface area contributed by atoms with Gasteiger partial charge in [0.15, 0.2) is 6.29 Å². The van der Waals surface area contributed by atoms with Crippen LogP contribution >= 0.6 is 0 Å². The highest BCUT2D eigenvalue weighted by atomic mass is 16.7. The smallest absolute Gasteiger partial charge is 0.269 e. The van der Waals surface area contributed by atoms with Crippen molar-refractivity contribution < 1.29 is 34.8 Å². The maximum Gasteiger partial charge on any atom is 0.269 e. The fraction of sp³-hybridized carbons (Fsp3) is 0.538. The van der Waals surface area contributed by atoms with E-state index in [0.29, 0.717) is 0 Å². The number of ether oxygens (including phenoxy) is 2. The van der Waals surface area contributed by atoms with E-state index in [1.165, 1.54) is 24.3 Å². The standard InChI is InChI=1S/C13H17NO8/c15-5-9-11(17)12(18)10(6-16)22-13(21-9)7-2-1-3-8(4-7)14(19)20/h1-4,9-13,15-18H,5-6H2/t9-,10+,11-,12-,13?/m1/s1. The topological polar surface area (TPSA) is 143 Å². The van der Waals surface area contributed by atoms with Crippen LogP contribution in [0, 0.1) is 10.1 Å². The van der Waals surface area contributed by atoms with E-state index in [1.54, 1.807) is 0 Å². The zero-order valence-electron chi connectivity index (χ0n) is 11.5. The van der Waals surface area contributed by atoms with Crippen LogP contribution in [-0.4, -0.2) is 63.0 Å². The Balaban J connectivity index is 2.32. The van der Waals surface area contributed by atoms with Gasteiger partial charge in [-0.05, 0) is 0 Å². The van der Waals surface area contributed by atoms with E-state index in [0.717, 1.165) is 0 Å². The van der Waals surface area contributed by atoms with Crippen molar-refractivity contribution in [2.24, 2.45) is 0 Å². The van der Waals surface area contributed by atoms with E-state index >= 15 is 0 Å². The van der Waals surface area contributed by atoms with E-state index in [9.17, 15) is 30.5 Å². The molecular formula is C13H17NO8. The molecule has 1 aliphatic rings. The number of nitro benzene ring substituents is 1. The lowest BCUT2D eigenvalue weighted by atomic mass is 10.0. The monoisotopic (exact) mass is 315 g/mol. The Labute approximate surface area is 125 Å². The molecule has 1 aliphatic heterocycles. The number of nitrogens with zero attached hydrogens (tertiary/aromatic N) is 1. The molecule has 0 bridgehead atoms. The Morgan fingerprint density at radius 3 is 2.09 bits per heavy atom. The Bertz CT molecular complexity index is 507. The van der Waals surface area contributed by atoms with Crippen molar-refractivity contribution in [2.75, 3.05) is 13.2 Å². The molecule has 1 aromatic rings. The highest BCUT2D eigenvalue weighted by molar-refractivity contribution is 5.35. The number of hydrogen-bond acceptors (Lipinski definition) is 8. The Morgan fingerprint density at radius 1 is 1.09 bits per heavy atom. The van der Waals surface area contributed by atoms with E-state index in [-0.39, 0.29) is 11.3 Å². The molecule has 0 amide bonds. The van der Waals surface area contributed by atoms with Crippen LogP contribution in [0.25, 0.3) is 0 Å². The number of nitro groups is 1. The lowest BCUT2D eigenvalue weighted by Crippen LogP contribution is -2.45. The first-order valence-corrected chi connectivity index (χ1v) is 6.61. The zero-order valence-corrected chi connectivity index (χ0v) is 11.5. The average molecular weight is 315 g/mol. The van der Waals surface area contributed by atoms with Gasteiger partial charge in [0.25, 0.3) is 5.69 Å². The fourth-order valence-electron chi connectivity index (χ4n) is 2.19. The first-order valence-electron chi connectivity index (χ1n) is 6.61. The molecule has 4 N–H and O–H groups in total. The van der Waals surface area contributed by atoms with Gasteiger partial charge in [0.2, 0.25) is 0 Å². The first-order chi connectivity index (χ1) is 10.5. The summed E-state index contributed by atoms with van der Waals surface area (Å²) in [5.41, 5.74) is 0.0866. The van der Waals surface area contributed by atoms with Crippen LogP contribution in [0.4, 0.5) is 5.69 Å². The summed E-state index contributed by atoms with van der Waals surface area (Å²) in [5.74, 6) is 0. The third-order valence-corrected chi connectivity index (χ3v) is 3.42. The minimum absolute atomic E-state index is 0.184. The van der Waals surface area contributed by atoms with Crippen LogP contribution in [0.2, 0.25) is 0 Å². The van der Waals surface area contributed by atoms with E-state index < -0.39 is 48.8 Å². The lowest BCUT2D eigenvalue weighted by molar-refractivity contribution is -0.385. The van der Waals surface area contributed by atoms with Crippen LogP contribution < -0.4 is 0 Å². The summed E-state index contributed by atoms with van der Waals surface area (Å²) >= 11 is 0. The molecule has 1 saturated heterocycles. The van der Waals surface area contributed by atoms with Crippen molar-refractivity contribution in [1.82, 2.24) is 0 Å². The third kappa shape index (κ3) is 3.40. The van der Waals surface area contributed by atoms with Gasteiger partial charge in [0.05, 0.1) is 18.1 Å². The lowest BCUT2D eigenvalue weighted by Gasteiger charge is -2.23. The molecule has 0 aliphatic carbocycles. The number of hydrogen-bond donors (Lipinski definition) is 4. The van der Waals surface area contributed by atoms with Crippen molar-refractivity contribution in [3.63, 3.8) is 0 Å². The van der Waals surface area contributed by atoms with Crippen LogP contribution in [-0.2, 0) is 9.47 Å². The quantitative estimate of drug-likeness (QED) is 0.413. The predicted molar refractivity (Wildman–Crippen MR) is 71.8 cm³/mol. The van der Waals surface area contributed by atoms with Crippen LogP contribution in [0.3, 0.4) is 0 Å². The maximum absolute atomic E-state index is 10.8. The van der Waals surface area contributed by atoms with Gasteiger partial charge in [-0.15, -0.1) is 0 Å². The second kappa shape index (κ2) is 7.09. The Morgan fingerprint density at radius 2 is 1.64 bits per heavy atom. The van der Waals surface area contributed by atoms with Crippen LogP contribution in [0.15, 0.2) is 24.3 Å². The summed E-state index contributed by atoms with van der Waals surface area (Å²) in [5, 5.41) is 49.1. The van der Waals surface area contributed by atoms with Gasteiger partial charge in [0, 0.05) is 17.7 Å². The van der Waals surface area contributed by atoms with Crippen LogP contribution in [0.5, 0.6) is 0 Å². The van der Waals surface area contributed by atoms with Crippen molar-refractivity contribution in [2.45, 2.75) is 30.7 Å². The first kappa shape index (κ1) is 16.7. The normalized spacial score (nSPS) is 32.5. The summed E-state index contributed by atoms with van der Waals surface area (Å²) in [7, 11) is 0. The molecule has 9 heteroatoms. The second-order valence-electron chi connectivity index (χ2n) is 4.88. The van der Waals surface area contributed by atoms with E-state index in [4.69, 9.17) is 9.47 Å². The Kier molecular flexibility index (Phi) is 5.40. The summed E-state index contributed by atoms with van der Waals surface area (Å²) in [4.78, 5) is 10.2. The molecule has 1 fully saturated rings. The zero-order chi connectivity index (χ0) is 16.3. The number of rotatable bonds is 4. The highest BCUT2D eigenvalue weighted by Gasteiger charge is 2.40. The molecule has 5 atom stereocenters.